The number of rotatable bonds is 2. The maximum absolute atomic E-state index is 10.0. The van der Waals surface area contributed by atoms with Gasteiger partial charge in [0.25, 0.3) is 0 Å². The molecular formula is C5H9O2S. The van der Waals surface area contributed by atoms with Gasteiger partial charge in [0.2, 0.25) is 0 Å². The zero-order chi connectivity index (χ0) is 6.57. The van der Waals surface area contributed by atoms with Crippen LogP contribution in [0.4, 0.5) is 4.79 Å². The molecular weight excluding hydrogens is 124 g/mol. The van der Waals surface area contributed by atoms with Crippen molar-refractivity contribution < 1.29 is 9.53 Å². The molecule has 8 heavy (non-hydrogen) atoms. The van der Waals surface area contributed by atoms with Crippen LogP contribution in [-0.2, 0) is 4.74 Å². The van der Waals surface area contributed by atoms with E-state index in [1.807, 2.05) is 13.8 Å². The van der Waals surface area contributed by atoms with Crippen molar-refractivity contribution >= 4 is 17.9 Å². The molecule has 0 aliphatic rings. The Hall–Kier alpha value is -0.310. The first-order valence-corrected chi connectivity index (χ1v) is 2.95. The topological polar surface area (TPSA) is 26.3 Å². The van der Waals surface area contributed by atoms with Gasteiger partial charge in [-0.25, -0.2) is 4.79 Å². The lowest BCUT2D eigenvalue weighted by Crippen LogP contribution is -2.07. The predicted molar refractivity (Wildman–Crippen MR) is 33.8 cm³/mol. The van der Waals surface area contributed by atoms with Crippen LogP contribution in [-0.4, -0.2) is 11.4 Å². The van der Waals surface area contributed by atoms with Gasteiger partial charge in [-0.15, -0.1) is 0 Å². The van der Waals surface area contributed by atoms with Crippen LogP contribution in [0.2, 0.25) is 0 Å². The molecule has 0 bridgehead atoms. The van der Waals surface area contributed by atoms with Gasteiger partial charge in [0.15, 0.2) is 0 Å². The summed E-state index contributed by atoms with van der Waals surface area (Å²) in [4.78, 5) is 10.0. The number of carbonyl (C=O) groups is 1. The first-order chi connectivity index (χ1) is 3.66. The summed E-state index contributed by atoms with van der Waals surface area (Å²) in [6, 6.07) is 0. The van der Waals surface area contributed by atoms with Gasteiger partial charge in [-0.05, 0) is 13.3 Å². The van der Waals surface area contributed by atoms with E-state index in [2.05, 4.69) is 17.4 Å². The average Bonchev–Trinajstić information content (AvgIpc) is 1.65. The molecule has 1 radical (unpaired) electrons. The largest absolute Gasteiger partial charge is 0.451 e. The minimum atomic E-state index is -0.612. The maximum atomic E-state index is 10.0. The molecule has 0 heterocycles. The highest BCUT2D eigenvalue weighted by Gasteiger charge is 2.01. The normalized spacial score (nSPS) is 12.8. The molecule has 2 nitrogen and oxygen atoms in total. The predicted octanol–water partition coefficient (Wildman–Crippen LogP) is 2.12. The fraction of sp³-hybridized carbons (Fsp3) is 0.800. The van der Waals surface area contributed by atoms with Crippen LogP contribution < -0.4 is 0 Å². The molecule has 0 N–H and O–H groups in total. The summed E-state index contributed by atoms with van der Waals surface area (Å²) < 4.78 is 4.58. The van der Waals surface area contributed by atoms with Crippen molar-refractivity contribution in [2.75, 3.05) is 0 Å². The molecule has 0 aliphatic heterocycles. The zero-order valence-electron chi connectivity index (χ0n) is 5.01. The smallest absolute Gasteiger partial charge is 0.400 e. The van der Waals surface area contributed by atoms with Crippen molar-refractivity contribution in [2.45, 2.75) is 26.4 Å². The number of hydrogen-bond acceptors (Lipinski definition) is 2. The monoisotopic (exact) mass is 133 g/mol. The molecule has 0 spiro atoms. The van der Waals surface area contributed by atoms with E-state index in [0.29, 0.717) is 0 Å². The zero-order valence-corrected chi connectivity index (χ0v) is 5.83. The summed E-state index contributed by atoms with van der Waals surface area (Å²) in [5.74, 6) is 0. The average molecular weight is 133 g/mol. The van der Waals surface area contributed by atoms with Crippen molar-refractivity contribution in [3.8, 4) is 0 Å². The van der Waals surface area contributed by atoms with Crippen molar-refractivity contribution in [1.29, 1.82) is 0 Å². The molecule has 1 unspecified atom stereocenters. The summed E-state index contributed by atoms with van der Waals surface area (Å²) in [7, 11) is 0. The quantitative estimate of drug-likeness (QED) is 0.539. The van der Waals surface area contributed by atoms with Crippen LogP contribution in [0.15, 0.2) is 0 Å². The second kappa shape index (κ2) is 3.66. The third-order valence-corrected chi connectivity index (χ3v) is 0.969. The van der Waals surface area contributed by atoms with E-state index in [1.54, 1.807) is 0 Å². The van der Waals surface area contributed by atoms with E-state index in [4.69, 9.17) is 0 Å². The van der Waals surface area contributed by atoms with Crippen LogP contribution >= 0.6 is 12.6 Å². The minimum absolute atomic E-state index is 0.0278. The highest BCUT2D eigenvalue weighted by atomic mass is 32.1. The molecule has 0 aromatic heterocycles. The Morgan fingerprint density at radius 3 is 2.50 bits per heavy atom. The highest BCUT2D eigenvalue weighted by molar-refractivity contribution is 7.96. The molecule has 0 aromatic rings. The van der Waals surface area contributed by atoms with Gasteiger partial charge in [0.05, 0.1) is 6.10 Å². The van der Waals surface area contributed by atoms with Crippen molar-refractivity contribution in [2.24, 2.45) is 0 Å². The van der Waals surface area contributed by atoms with E-state index < -0.39 is 5.30 Å². The Balaban J connectivity index is 3.24. The molecule has 47 valence electrons. The second-order valence-electron chi connectivity index (χ2n) is 1.59. The number of hydrogen-bond donors (Lipinski definition) is 0. The van der Waals surface area contributed by atoms with E-state index in [1.165, 1.54) is 0 Å². The fourth-order valence-electron chi connectivity index (χ4n) is 0.248. The summed E-state index contributed by atoms with van der Waals surface area (Å²) in [6.07, 6.45) is 0.794. The Morgan fingerprint density at radius 2 is 2.38 bits per heavy atom. The molecule has 0 saturated carbocycles. The molecule has 0 aromatic carbocycles. The summed E-state index contributed by atoms with van der Waals surface area (Å²) in [5, 5.41) is -0.612. The van der Waals surface area contributed by atoms with Crippen LogP contribution in [0, 0.1) is 0 Å². The minimum Gasteiger partial charge on any atom is -0.451 e. The Kier molecular flexibility index (Phi) is 3.52. The molecule has 1 atom stereocenters. The van der Waals surface area contributed by atoms with Gasteiger partial charge in [0.1, 0.15) is 0 Å². The number of carbonyl (C=O) groups excluding carboxylic acids is 1. The first-order valence-electron chi connectivity index (χ1n) is 2.54. The van der Waals surface area contributed by atoms with Gasteiger partial charge < -0.3 is 4.74 Å². The first kappa shape index (κ1) is 7.69. The van der Waals surface area contributed by atoms with E-state index >= 15 is 0 Å². The molecule has 0 aliphatic carbocycles. The fourth-order valence-corrected chi connectivity index (χ4v) is 0.412. The van der Waals surface area contributed by atoms with Gasteiger partial charge in [0, 0.05) is 12.6 Å². The van der Waals surface area contributed by atoms with Crippen molar-refractivity contribution in [1.82, 2.24) is 0 Å². The Morgan fingerprint density at radius 1 is 1.88 bits per heavy atom. The highest BCUT2D eigenvalue weighted by Crippen LogP contribution is 1.98. The summed E-state index contributed by atoms with van der Waals surface area (Å²) >= 11 is 4.16. The van der Waals surface area contributed by atoms with Crippen LogP contribution in [0.25, 0.3) is 0 Å². The van der Waals surface area contributed by atoms with Gasteiger partial charge in [-0.3, -0.25) is 0 Å². The second-order valence-corrected chi connectivity index (χ2v) is 1.92. The molecule has 0 fully saturated rings. The van der Waals surface area contributed by atoms with Gasteiger partial charge in [-0.2, -0.15) is 0 Å². The number of ether oxygens (including phenoxy) is 1. The van der Waals surface area contributed by atoms with Crippen LogP contribution in [0.5, 0.6) is 0 Å². The molecule has 0 amide bonds. The Labute approximate surface area is 54.6 Å². The molecule has 0 saturated heterocycles. The van der Waals surface area contributed by atoms with Gasteiger partial charge in [-0.1, -0.05) is 6.92 Å². The van der Waals surface area contributed by atoms with Gasteiger partial charge >= 0.3 is 5.30 Å². The van der Waals surface area contributed by atoms with Crippen LogP contribution in [0.3, 0.4) is 0 Å². The summed E-state index contributed by atoms with van der Waals surface area (Å²) in [6.45, 7) is 3.74. The van der Waals surface area contributed by atoms with E-state index in [9.17, 15) is 4.79 Å². The van der Waals surface area contributed by atoms with E-state index in [0.717, 1.165) is 6.42 Å². The third kappa shape index (κ3) is 3.87. The SMILES string of the molecule is CCC(C)OC(=O)[S]. The van der Waals surface area contributed by atoms with Crippen LogP contribution in [0.1, 0.15) is 20.3 Å². The van der Waals surface area contributed by atoms with Crippen molar-refractivity contribution in [3.63, 3.8) is 0 Å². The lowest BCUT2D eigenvalue weighted by Gasteiger charge is -2.05. The summed E-state index contributed by atoms with van der Waals surface area (Å²) in [5.41, 5.74) is 0. The standard InChI is InChI=1S/C5H9O2S/c1-3-4(2)7-5(6)8/h4H,3H2,1-2H3. The lowest BCUT2D eigenvalue weighted by molar-refractivity contribution is 0.131. The third-order valence-electron chi connectivity index (χ3n) is 0.872. The molecule has 3 heteroatoms. The Bertz CT molecular complexity index is 82.5. The maximum Gasteiger partial charge on any atom is 0.400 e. The van der Waals surface area contributed by atoms with E-state index in [-0.39, 0.29) is 6.10 Å². The molecule has 0 rings (SSSR count). The van der Waals surface area contributed by atoms with Crippen molar-refractivity contribution in [3.05, 3.63) is 0 Å². The lowest BCUT2D eigenvalue weighted by atomic mass is 10.3.